The highest BCUT2D eigenvalue weighted by atomic mass is 16.5. The average molecular weight is 280 g/mol. The number of allylic oxidation sites excluding steroid dienone is 2. The van der Waals surface area contributed by atoms with E-state index >= 15 is 0 Å². The van der Waals surface area contributed by atoms with E-state index < -0.39 is 0 Å². The monoisotopic (exact) mass is 280 g/mol. The molecule has 0 bridgehead atoms. The lowest BCUT2D eigenvalue weighted by atomic mass is 9.95. The Labute approximate surface area is 125 Å². The van der Waals surface area contributed by atoms with Gasteiger partial charge in [0.1, 0.15) is 0 Å². The van der Waals surface area contributed by atoms with E-state index in [1.54, 1.807) is 0 Å². The topological polar surface area (TPSA) is 18.5 Å². The summed E-state index contributed by atoms with van der Waals surface area (Å²) in [5.74, 6) is 0. The molecule has 0 aliphatic heterocycles. The lowest BCUT2D eigenvalue weighted by Gasteiger charge is -2.28. The highest BCUT2D eigenvalue weighted by Gasteiger charge is 2.21. The zero-order chi connectivity index (χ0) is 14.5. The minimum Gasteiger partial charge on any atom is -0.374 e. The second-order valence-corrected chi connectivity index (χ2v) is 5.59. The van der Waals surface area contributed by atoms with Crippen LogP contribution in [0.5, 0.6) is 0 Å². The van der Waals surface area contributed by atoms with Crippen LogP contribution in [0, 0.1) is 0 Å². The van der Waals surface area contributed by atoms with Crippen LogP contribution in [-0.4, -0.2) is 25.4 Å². The maximum absolute atomic E-state index is 5.88. The molecule has 1 fully saturated rings. The van der Waals surface area contributed by atoms with Crippen LogP contribution in [0.25, 0.3) is 0 Å². The molecule has 0 atom stereocenters. The van der Waals surface area contributed by atoms with Crippen LogP contribution in [0.2, 0.25) is 0 Å². The first-order chi connectivity index (χ1) is 9.86. The first-order valence-electron chi connectivity index (χ1n) is 8.40. The van der Waals surface area contributed by atoms with Gasteiger partial charge in [-0.2, -0.15) is 0 Å². The third kappa shape index (κ3) is 8.55. The summed E-state index contributed by atoms with van der Waals surface area (Å²) in [7, 11) is 0. The molecule has 0 N–H and O–H groups in total. The molecule has 0 saturated heterocycles. The lowest BCUT2D eigenvalue weighted by molar-refractivity contribution is -0.0164. The molecule has 0 amide bonds. The standard InChI is InChI=1S/C18H32O2/c1-3-5-7-9-15-19-17-11-13-18(14-12-17)20-16-10-8-6-4-2/h7-10,17-18H,3-6,11-16H2,1-2H3. The Hall–Kier alpha value is -0.600. The number of hydrogen-bond acceptors (Lipinski definition) is 2. The van der Waals surface area contributed by atoms with Crippen LogP contribution >= 0.6 is 0 Å². The molecule has 0 aromatic heterocycles. The molecule has 0 radical (unpaired) electrons. The average Bonchev–Trinajstić information content (AvgIpc) is 2.48. The van der Waals surface area contributed by atoms with Crippen molar-refractivity contribution in [3.05, 3.63) is 24.3 Å². The molecule has 0 aromatic carbocycles. The fraction of sp³-hybridized carbons (Fsp3) is 0.778. The molecular formula is C18H32O2. The molecule has 2 heteroatoms. The predicted octanol–water partition coefficient (Wildman–Crippen LogP) is 5.04. The molecule has 1 aliphatic rings. The molecule has 0 aromatic rings. The Kier molecular flexibility index (Phi) is 10.6. The molecule has 0 spiro atoms. The van der Waals surface area contributed by atoms with Gasteiger partial charge in [-0.1, -0.05) is 51.0 Å². The van der Waals surface area contributed by atoms with E-state index in [4.69, 9.17) is 9.47 Å². The van der Waals surface area contributed by atoms with Crippen molar-refractivity contribution in [2.45, 2.75) is 77.4 Å². The molecule has 1 aliphatic carbocycles. The zero-order valence-corrected chi connectivity index (χ0v) is 13.4. The third-order valence-corrected chi connectivity index (χ3v) is 3.72. The fourth-order valence-corrected chi connectivity index (χ4v) is 2.45. The van der Waals surface area contributed by atoms with Gasteiger partial charge in [0, 0.05) is 0 Å². The molecule has 1 saturated carbocycles. The van der Waals surface area contributed by atoms with Crippen molar-refractivity contribution in [2.75, 3.05) is 13.2 Å². The van der Waals surface area contributed by atoms with E-state index in [9.17, 15) is 0 Å². The van der Waals surface area contributed by atoms with Crippen molar-refractivity contribution in [2.24, 2.45) is 0 Å². The van der Waals surface area contributed by atoms with Crippen LogP contribution in [0.4, 0.5) is 0 Å². The molecular weight excluding hydrogens is 248 g/mol. The summed E-state index contributed by atoms with van der Waals surface area (Å²) in [6.07, 6.45) is 19.0. The van der Waals surface area contributed by atoms with Gasteiger partial charge in [0.2, 0.25) is 0 Å². The molecule has 20 heavy (non-hydrogen) atoms. The number of hydrogen-bond donors (Lipinski definition) is 0. The van der Waals surface area contributed by atoms with Gasteiger partial charge >= 0.3 is 0 Å². The second-order valence-electron chi connectivity index (χ2n) is 5.59. The summed E-state index contributed by atoms with van der Waals surface area (Å²) in [6, 6.07) is 0. The van der Waals surface area contributed by atoms with E-state index in [2.05, 4.69) is 38.2 Å². The molecule has 0 unspecified atom stereocenters. The molecule has 1 rings (SSSR count). The summed E-state index contributed by atoms with van der Waals surface area (Å²) < 4.78 is 11.8. The first-order valence-corrected chi connectivity index (χ1v) is 8.40. The van der Waals surface area contributed by atoms with Gasteiger partial charge in [-0.25, -0.2) is 0 Å². The summed E-state index contributed by atoms with van der Waals surface area (Å²) in [5, 5.41) is 0. The largest absolute Gasteiger partial charge is 0.374 e. The predicted molar refractivity (Wildman–Crippen MR) is 86.0 cm³/mol. The zero-order valence-electron chi connectivity index (χ0n) is 13.4. The number of ether oxygens (including phenoxy) is 2. The van der Waals surface area contributed by atoms with E-state index in [-0.39, 0.29) is 0 Å². The SMILES string of the molecule is CCCC=CCOC1CCC(OCC=CCCC)CC1. The van der Waals surface area contributed by atoms with Crippen molar-refractivity contribution in [3.8, 4) is 0 Å². The smallest absolute Gasteiger partial charge is 0.0651 e. The molecule has 116 valence electrons. The quantitative estimate of drug-likeness (QED) is 0.522. The van der Waals surface area contributed by atoms with E-state index in [1.807, 2.05) is 0 Å². The van der Waals surface area contributed by atoms with Gasteiger partial charge in [-0.3, -0.25) is 0 Å². The Morgan fingerprint density at radius 2 is 1.10 bits per heavy atom. The van der Waals surface area contributed by atoms with Gasteiger partial charge in [-0.15, -0.1) is 0 Å². The number of rotatable bonds is 10. The van der Waals surface area contributed by atoms with Crippen molar-refractivity contribution in [1.29, 1.82) is 0 Å². The Balaban J connectivity index is 2.02. The summed E-state index contributed by atoms with van der Waals surface area (Å²) >= 11 is 0. The van der Waals surface area contributed by atoms with E-state index in [0.717, 1.165) is 51.7 Å². The minimum atomic E-state index is 0.441. The van der Waals surface area contributed by atoms with Crippen LogP contribution < -0.4 is 0 Å². The Bertz CT molecular complexity index is 235. The summed E-state index contributed by atoms with van der Waals surface area (Å²) in [4.78, 5) is 0. The van der Waals surface area contributed by atoms with Crippen molar-refractivity contribution in [1.82, 2.24) is 0 Å². The van der Waals surface area contributed by atoms with Crippen LogP contribution in [0.1, 0.15) is 65.2 Å². The second kappa shape index (κ2) is 12.2. The Morgan fingerprint density at radius 3 is 1.45 bits per heavy atom. The van der Waals surface area contributed by atoms with Gasteiger partial charge in [0.15, 0.2) is 0 Å². The summed E-state index contributed by atoms with van der Waals surface area (Å²) in [6.45, 7) is 5.94. The van der Waals surface area contributed by atoms with Crippen molar-refractivity contribution < 1.29 is 9.47 Å². The van der Waals surface area contributed by atoms with Crippen molar-refractivity contribution in [3.63, 3.8) is 0 Å². The van der Waals surface area contributed by atoms with Crippen LogP contribution in [-0.2, 0) is 9.47 Å². The highest BCUT2D eigenvalue weighted by molar-refractivity contribution is 4.83. The van der Waals surface area contributed by atoms with Gasteiger partial charge in [-0.05, 0) is 38.5 Å². The maximum atomic E-state index is 5.88. The summed E-state index contributed by atoms with van der Waals surface area (Å²) in [5.41, 5.74) is 0. The van der Waals surface area contributed by atoms with Gasteiger partial charge in [0.05, 0.1) is 25.4 Å². The number of unbranched alkanes of at least 4 members (excludes halogenated alkanes) is 2. The lowest BCUT2D eigenvalue weighted by Crippen LogP contribution is -2.26. The van der Waals surface area contributed by atoms with E-state index in [0.29, 0.717) is 12.2 Å². The van der Waals surface area contributed by atoms with Crippen LogP contribution in [0.3, 0.4) is 0 Å². The van der Waals surface area contributed by atoms with Gasteiger partial charge in [0.25, 0.3) is 0 Å². The minimum absolute atomic E-state index is 0.441. The first kappa shape index (κ1) is 17.5. The van der Waals surface area contributed by atoms with Crippen LogP contribution in [0.15, 0.2) is 24.3 Å². The Morgan fingerprint density at radius 1 is 0.700 bits per heavy atom. The van der Waals surface area contributed by atoms with E-state index in [1.165, 1.54) is 12.8 Å². The maximum Gasteiger partial charge on any atom is 0.0651 e. The van der Waals surface area contributed by atoms with Crippen molar-refractivity contribution >= 4 is 0 Å². The molecule has 2 nitrogen and oxygen atoms in total. The highest BCUT2D eigenvalue weighted by Crippen LogP contribution is 2.23. The molecule has 0 heterocycles. The normalized spacial score (nSPS) is 23.9. The third-order valence-electron chi connectivity index (χ3n) is 3.72. The fourth-order valence-electron chi connectivity index (χ4n) is 2.45. The van der Waals surface area contributed by atoms with Gasteiger partial charge < -0.3 is 9.47 Å².